The van der Waals surface area contributed by atoms with Crippen LogP contribution in [0.5, 0.6) is 0 Å². The van der Waals surface area contributed by atoms with Crippen LogP contribution in [0.1, 0.15) is 134 Å². The van der Waals surface area contributed by atoms with Crippen molar-refractivity contribution < 1.29 is 0 Å². The lowest BCUT2D eigenvalue weighted by Crippen LogP contribution is -2.24. The van der Waals surface area contributed by atoms with E-state index >= 15 is 0 Å². The van der Waals surface area contributed by atoms with Crippen LogP contribution < -0.4 is 21.4 Å². The van der Waals surface area contributed by atoms with Crippen molar-refractivity contribution in [3.63, 3.8) is 0 Å². The molecular weight excluding hydrogens is 713 g/mol. The first-order chi connectivity index (χ1) is 27.9. The lowest BCUT2D eigenvalue weighted by Gasteiger charge is -2.18. The first-order valence-electron chi connectivity index (χ1n) is 22.9. The summed E-state index contributed by atoms with van der Waals surface area (Å²) >= 11 is 0. The van der Waals surface area contributed by atoms with Crippen molar-refractivity contribution in [2.24, 2.45) is 0 Å². The number of rotatable bonds is 22. The Kier molecular flexibility index (Phi) is 17.0. The van der Waals surface area contributed by atoms with E-state index < -0.39 is 0 Å². The molecule has 58 heavy (non-hydrogen) atoms. The van der Waals surface area contributed by atoms with E-state index in [1.54, 1.807) is 0 Å². The monoisotopic (exact) mass is 793 g/mol. The van der Waals surface area contributed by atoms with E-state index in [-0.39, 0.29) is 0 Å². The Morgan fingerprint density at radius 1 is 0.362 bits per heavy atom. The van der Waals surface area contributed by atoms with Crippen LogP contribution in [-0.2, 0) is 25.7 Å². The van der Waals surface area contributed by atoms with Crippen LogP contribution in [0.15, 0.2) is 0 Å². The summed E-state index contributed by atoms with van der Waals surface area (Å²) in [5.74, 6) is 0. The maximum Gasteiger partial charge on any atom is 0.0441 e. The van der Waals surface area contributed by atoms with Crippen molar-refractivity contribution in [1.29, 1.82) is 0 Å². The predicted molar refractivity (Wildman–Crippen MR) is 250 cm³/mol. The summed E-state index contributed by atoms with van der Waals surface area (Å²) < 4.78 is 0. The molecule has 0 radical (unpaired) electrons. The Hall–Kier alpha value is -3.56. The number of fused-ring (bicyclic) bond motifs is 8. The summed E-state index contributed by atoms with van der Waals surface area (Å²) in [5, 5.41) is 4.85. The van der Waals surface area contributed by atoms with Crippen LogP contribution in [0, 0.1) is 27.7 Å². The summed E-state index contributed by atoms with van der Waals surface area (Å²) in [5.41, 5.74) is 15.9. The summed E-state index contributed by atoms with van der Waals surface area (Å²) in [6.45, 7) is 27.4. The first-order valence-corrected chi connectivity index (χ1v) is 22.9. The minimum atomic E-state index is 0.983. The largest absolute Gasteiger partial charge is 0.355 e. The van der Waals surface area contributed by atoms with Crippen LogP contribution in [0.3, 0.4) is 0 Å². The molecule has 0 aliphatic carbocycles. The number of nitrogens with zero attached hydrogens (tertiary/aromatic N) is 4. The minimum absolute atomic E-state index is 0.983. The molecule has 1 aliphatic rings. The summed E-state index contributed by atoms with van der Waals surface area (Å²) in [6, 6.07) is 0. The van der Waals surface area contributed by atoms with E-state index in [4.69, 9.17) is 0 Å². The SMILES string of the molecule is CCc1c2[nH]c(c1C)C=c1[nH]c(c(CCCN(C)CCCCN(C)CC)c1C)=Cc1[nH]c(c(C)c1CCCN(C)CCCCN(C)CC)C=c1[nH]c(c(C)c1CC)=C2. The highest BCUT2D eigenvalue weighted by molar-refractivity contribution is 5.65. The molecule has 5 rings (SSSR count). The minimum Gasteiger partial charge on any atom is -0.355 e. The molecule has 0 unspecified atom stereocenters. The van der Waals surface area contributed by atoms with Gasteiger partial charge in [0.05, 0.1) is 0 Å². The first kappa shape index (κ1) is 45.5. The van der Waals surface area contributed by atoms with Crippen LogP contribution in [0.4, 0.5) is 0 Å². The number of H-pyrrole nitrogens is 4. The van der Waals surface area contributed by atoms with Gasteiger partial charge in [-0.25, -0.2) is 0 Å². The summed E-state index contributed by atoms with van der Waals surface area (Å²) in [6.07, 6.45) is 20.9. The third-order valence-corrected chi connectivity index (χ3v) is 13.3. The molecule has 4 aromatic rings. The van der Waals surface area contributed by atoms with Crippen LogP contribution in [-0.4, -0.2) is 120 Å². The molecule has 0 aromatic carbocycles. The van der Waals surface area contributed by atoms with Gasteiger partial charge in [0.1, 0.15) is 0 Å². The molecule has 8 bridgehead atoms. The van der Waals surface area contributed by atoms with E-state index in [1.165, 1.54) is 127 Å². The van der Waals surface area contributed by atoms with Crippen LogP contribution in [0.25, 0.3) is 24.3 Å². The van der Waals surface area contributed by atoms with Gasteiger partial charge < -0.3 is 39.5 Å². The molecule has 0 saturated carbocycles. The lowest BCUT2D eigenvalue weighted by atomic mass is 10.0. The van der Waals surface area contributed by atoms with Crippen molar-refractivity contribution in [2.45, 2.75) is 120 Å². The number of aromatic nitrogens is 4. The van der Waals surface area contributed by atoms with Gasteiger partial charge in [0.2, 0.25) is 0 Å². The Morgan fingerprint density at radius 3 is 1.22 bits per heavy atom. The second-order valence-electron chi connectivity index (χ2n) is 17.5. The molecule has 320 valence electrons. The van der Waals surface area contributed by atoms with Gasteiger partial charge in [-0.2, -0.15) is 0 Å². The number of unbranched alkanes of at least 4 members (excludes halogenated alkanes) is 2. The highest BCUT2D eigenvalue weighted by Crippen LogP contribution is 2.24. The molecule has 4 aromatic heterocycles. The second-order valence-corrected chi connectivity index (χ2v) is 17.5. The van der Waals surface area contributed by atoms with Crippen molar-refractivity contribution in [3.05, 3.63) is 88.7 Å². The number of aromatic amines is 4. The fourth-order valence-corrected chi connectivity index (χ4v) is 9.04. The molecule has 4 N–H and O–H groups in total. The zero-order valence-corrected chi connectivity index (χ0v) is 38.8. The van der Waals surface area contributed by atoms with Crippen molar-refractivity contribution in [1.82, 2.24) is 39.5 Å². The molecule has 0 spiro atoms. The molecule has 1 aliphatic heterocycles. The van der Waals surface area contributed by atoms with Gasteiger partial charge in [-0.3, -0.25) is 0 Å². The number of nitrogens with one attached hydrogen (secondary N) is 4. The molecule has 8 nitrogen and oxygen atoms in total. The van der Waals surface area contributed by atoms with Crippen molar-refractivity contribution in [3.8, 4) is 0 Å². The third-order valence-electron chi connectivity index (χ3n) is 13.3. The van der Waals surface area contributed by atoms with Gasteiger partial charge in [0.25, 0.3) is 0 Å². The van der Waals surface area contributed by atoms with Gasteiger partial charge in [0, 0.05) is 44.2 Å². The number of hydrogen-bond donors (Lipinski definition) is 4. The maximum atomic E-state index is 3.98. The topological polar surface area (TPSA) is 76.1 Å². The van der Waals surface area contributed by atoms with Gasteiger partial charge in [-0.1, -0.05) is 27.7 Å². The fourth-order valence-electron chi connectivity index (χ4n) is 9.04. The Morgan fingerprint density at radius 2 is 0.724 bits per heavy atom. The van der Waals surface area contributed by atoms with E-state index in [0.717, 1.165) is 77.8 Å². The highest BCUT2D eigenvalue weighted by Gasteiger charge is 2.17. The average molecular weight is 793 g/mol. The highest BCUT2D eigenvalue weighted by atomic mass is 15.1. The molecule has 0 fully saturated rings. The second kappa shape index (κ2) is 21.6. The fraction of sp³-hybridized carbons (Fsp3) is 0.600. The molecule has 5 heterocycles. The zero-order chi connectivity index (χ0) is 41.9. The zero-order valence-electron chi connectivity index (χ0n) is 38.8. The maximum absolute atomic E-state index is 3.98. The van der Waals surface area contributed by atoms with Crippen LogP contribution in [0.2, 0.25) is 0 Å². The molecule has 0 saturated heterocycles. The molecule has 8 heteroatoms. The predicted octanol–water partition coefficient (Wildman–Crippen LogP) is 6.18. The average Bonchev–Trinajstić information content (AvgIpc) is 3.87. The third kappa shape index (κ3) is 11.4. The molecule has 0 atom stereocenters. The molecular formula is C50H80N8. The normalized spacial score (nSPS) is 12.8. The standard InChI is InChI=1S/C50H80N8/c1-13-39-35(5)43-31-44-37(7)41(23-21-29-57(11)27-19-17-25-55(9)15-3)49(53-44)34-50-42(24-22-30-58(12)28-20-18-26-56(10)16-4)38(8)46(54-50)33-48-40(14-2)36(6)45(52-48)32-47(39)51-43/h31-34,51-54H,13-30H2,1-12H3. The van der Waals surface area contributed by atoms with Crippen molar-refractivity contribution >= 4 is 24.3 Å². The summed E-state index contributed by atoms with van der Waals surface area (Å²) in [7, 11) is 9.05. The molecule has 0 amide bonds. The number of hydrogen-bond acceptors (Lipinski definition) is 4. The van der Waals surface area contributed by atoms with E-state index in [9.17, 15) is 0 Å². The van der Waals surface area contributed by atoms with Gasteiger partial charge in [-0.05, 0) is 241 Å². The van der Waals surface area contributed by atoms with E-state index in [0.29, 0.717) is 0 Å². The summed E-state index contributed by atoms with van der Waals surface area (Å²) in [4.78, 5) is 25.6. The van der Waals surface area contributed by atoms with Gasteiger partial charge in [0.15, 0.2) is 0 Å². The Bertz CT molecular complexity index is 2170. The quantitative estimate of drug-likeness (QED) is 0.0633. The Labute approximate surface area is 351 Å². The van der Waals surface area contributed by atoms with Gasteiger partial charge >= 0.3 is 0 Å². The van der Waals surface area contributed by atoms with E-state index in [2.05, 4.69) is 147 Å². The van der Waals surface area contributed by atoms with Gasteiger partial charge in [-0.15, -0.1) is 0 Å². The Balaban J connectivity index is 1.54. The van der Waals surface area contributed by atoms with Crippen LogP contribution >= 0.6 is 0 Å². The lowest BCUT2D eigenvalue weighted by molar-refractivity contribution is 0.297. The smallest absolute Gasteiger partial charge is 0.0441 e. The van der Waals surface area contributed by atoms with E-state index in [1.807, 2.05) is 0 Å². The van der Waals surface area contributed by atoms with Crippen molar-refractivity contribution in [2.75, 3.05) is 80.5 Å².